The van der Waals surface area contributed by atoms with Gasteiger partial charge in [0.25, 0.3) is 5.91 Å². The van der Waals surface area contributed by atoms with E-state index in [1.165, 1.54) is 4.90 Å². The second-order valence-electron chi connectivity index (χ2n) is 8.60. The number of piperidine rings is 1. The number of nitriles is 1. The number of imide groups is 1. The van der Waals surface area contributed by atoms with Crippen LogP contribution in [0.3, 0.4) is 0 Å². The predicted octanol–water partition coefficient (Wildman–Crippen LogP) is 1.54. The number of nitrogens with zero attached hydrogens (tertiary/aromatic N) is 4. The van der Waals surface area contributed by atoms with Gasteiger partial charge >= 0.3 is 6.03 Å². The Balaban J connectivity index is 1.17. The maximum Gasteiger partial charge on any atom is 0.325 e. The van der Waals surface area contributed by atoms with Crippen LogP contribution in [0.5, 0.6) is 0 Å². The zero-order valence-electron chi connectivity index (χ0n) is 17.6. The molecule has 0 unspecified atom stereocenters. The van der Waals surface area contributed by atoms with Crippen molar-refractivity contribution in [3.8, 4) is 6.07 Å². The third-order valence-corrected chi connectivity index (χ3v) is 6.63. The average molecular weight is 425 g/mol. The Morgan fingerprint density at radius 1 is 1.26 bits per heavy atom. The molecule has 3 aliphatic rings. The highest BCUT2D eigenvalue weighted by atomic mass is 16.2. The molecule has 0 atom stereocenters. The summed E-state index contributed by atoms with van der Waals surface area (Å²) in [7, 11) is 0. The molecule has 2 aliphatic heterocycles. The first-order valence-corrected chi connectivity index (χ1v) is 11.1. The summed E-state index contributed by atoms with van der Waals surface area (Å²) < 4.78 is 0. The van der Waals surface area contributed by atoms with Crippen LogP contribution in [-0.2, 0) is 9.59 Å². The van der Waals surface area contributed by atoms with E-state index in [-0.39, 0.29) is 23.8 Å². The summed E-state index contributed by atoms with van der Waals surface area (Å²) >= 11 is 0. The molecule has 2 N–H and O–H groups in total. The van der Waals surface area contributed by atoms with Gasteiger partial charge in [0, 0.05) is 38.3 Å². The van der Waals surface area contributed by atoms with E-state index < -0.39 is 5.54 Å². The van der Waals surface area contributed by atoms with Gasteiger partial charge in [-0.15, -0.1) is 0 Å². The van der Waals surface area contributed by atoms with Crippen molar-refractivity contribution in [3.05, 3.63) is 23.9 Å². The van der Waals surface area contributed by atoms with Gasteiger partial charge in [0.1, 0.15) is 17.4 Å². The smallest absolute Gasteiger partial charge is 0.325 e. The van der Waals surface area contributed by atoms with Crippen LogP contribution in [0.25, 0.3) is 0 Å². The van der Waals surface area contributed by atoms with E-state index in [1.54, 1.807) is 12.3 Å². The Morgan fingerprint density at radius 3 is 2.65 bits per heavy atom. The van der Waals surface area contributed by atoms with Crippen molar-refractivity contribution in [2.75, 3.05) is 31.1 Å². The van der Waals surface area contributed by atoms with Crippen molar-refractivity contribution >= 4 is 23.7 Å². The number of urea groups is 1. The molecule has 3 fully saturated rings. The fourth-order valence-corrected chi connectivity index (χ4v) is 4.80. The largest absolute Gasteiger partial charge is 0.357 e. The number of carbonyl (C=O) groups excluding carboxylic acids is 3. The van der Waals surface area contributed by atoms with Crippen molar-refractivity contribution in [2.45, 2.75) is 50.5 Å². The van der Waals surface area contributed by atoms with Crippen molar-refractivity contribution < 1.29 is 14.4 Å². The van der Waals surface area contributed by atoms with Crippen molar-refractivity contribution in [1.29, 1.82) is 5.26 Å². The predicted molar refractivity (Wildman–Crippen MR) is 113 cm³/mol. The second-order valence-corrected chi connectivity index (χ2v) is 8.60. The van der Waals surface area contributed by atoms with E-state index in [1.807, 2.05) is 6.07 Å². The van der Waals surface area contributed by atoms with Crippen molar-refractivity contribution in [2.24, 2.45) is 5.92 Å². The highest BCUT2D eigenvalue weighted by Crippen LogP contribution is 2.35. The maximum absolute atomic E-state index is 12.6. The number of carbonyl (C=O) groups is 3. The van der Waals surface area contributed by atoms with E-state index in [4.69, 9.17) is 5.26 Å². The Bertz CT molecular complexity index is 880. The summed E-state index contributed by atoms with van der Waals surface area (Å²) in [6, 6.07) is 5.35. The van der Waals surface area contributed by atoms with Crippen LogP contribution in [0.1, 0.15) is 50.5 Å². The zero-order chi connectivity index (χ0) is 21.8. The van der Waals surface area contributed by atoms with Gasteiger partial charge in [-0.1, -0.05) is 12.8 Å². The van der Waals surface area contributed by atoms with Gasteiger partial charge in [-0.25, -0.2) is 9.78 Å². The Morgan fingerprint density at radius 2 is 2.00 bits per heavy atom. The van der Waals surface area contributed by atoms with Crippen LogP contribution < -0.4 is 15.5 Å². The van der Waals surface area contributed by atoms with Crippen LogP contribution in [-0.4, -0.2) is 59.4 Å². The van der Waals surface area contributed by atoms with Gasteiger partial charge in [-0.3, -0.25) is 14.5 Å². The summed E-state index contributed by atoms with van der Waals surface area (Å²) in [6.45, 7) is 2.25. The minimum absolute atomic E-state index is 0.0249. The standard InChI is InChI=1S/C22H28N6O3/c23-14-16-4-5-18(25-15-16)27-12-6-17(7-13-27)19(29)24-10-3-11-28-20(30)22(26-21(28)31)8-1-2-9-22/h4-5,15,17H,1-3,6-13H2,(H,24,29)(H,26,31). The molecule has 9 heteroatoms. The molecular formula is C22H28N6O3. The first-order valence-electron chi connectivity index (χ1n) is 11.1. The monoisotopic (exact) mass is 424 g/mol. The molecule has 0 bridgehead atoms. The molecule has 164 valence electrons. The van der Waals surface area contributed by atoms with Gasteiger partial charge in [0.2, 0.25) is 5.91 Å². The molecule has 2 saturated heterocycles. The first-order chi connectivity index (χ1) is 15.0. The molecule has 1 aromatic heterocycles. The van der Waals surface area contributed by atoms with E-state index in [9.17, 15) is 14.4 Å². The van der Waals surface area contributed by atoms with Crippen LogP contribution in [0.2, 0.25) is 0 Å². The van der Waals surface area contributed by atoms with Gasteiger partial charge in [0.05, 0.1) is 5.56 Å². The summed E-state index contributed by atoms with van der Waals surface area (Å²) in [5, 5.41) is 14.7. The molecule has 1 aromatic rings. The summed E-state index contributed by atoms with van der Waals surface area (Å²) in [5.41, 5.74) is -0.137. The number of hydrogen-bond donors (Lipinski definition) is 2. The molecule has 0 aromatic carbocycles. The van der Waals surface area contributed by atoms with Gasteiger partial charge in [-0.2, -0.15) is 5.26 Å². The third-order valence-electron chi connectivity index (χ3n) is 6.63. The lowest BCUT2D eigenvalue weighted by atomic mass is 9.96. The number of aromatic nitrogens is 1. The van der Waals surface area contributed by atoms with E-state index in [2.05, 4.69) is 26.6 Å². The second kappa shape index (κ2) is 8.92. The lowest BCUT2D eigenvalue weighted by Crippen LogP contribution is -2.44. The molecule has 0 radical (unpaired) electrons. The normalized spacial score (nSPS) is 20.7. The lowest BCUT2D eigenvalue weighted by molar-refractivity contribution is -0.131. The number of pyridine rings is 1. The minimum atomic E-state index is -0.669. The Hall–Kier alpha value is -3.15. The Kier molecular flexibility index (Phi) is 6.07. The molecule has 4 amide bonds. The highest BCUT2D eigenvalue weighted by Gasteiger charge is 2.52. The molecule has 31 heavy (non-hydrogen) atoms. The topological polar surface area (TPSA) is 118 Å². The van der Waals surface area contributed by atoms with Crippen LogP contribution in [0.4, 0.5) is 10.6 Å². The SMILES string of the molecule is N#Cc1ccc(N2CCC(C(=O)NCCCN3C(=O)NC4(CCCC4)C3=O)CC2)nc1. The molecule has 1 saturated carbocycles. The number of hydrogen-bond acceptors (Lipinski definition) is 6. The average Bonchev–Trinajstić information content (AvgIpc) is 3.36. The molecule has 3 heterocycles. The minimum Gasteiger partial charge on any atom is -0.357 e. The highest BCUT2D eigenvalue weighted by molar-refractivity contribution is 6.07. The Labute approximate surface area is 181 Å². The first kappa shape index (κ1) is 21.1. The fourth-order valence-electron chi connectivity index (χ4n) is 4.80. The van der Waals surface area contributed by atoms with Crippen molar-refractivity contribution in [3.63, 3.8) is 0 Å². The van der Waals surface area contributed by atoms with Crippen LogP contribution in [0.15, 0.2) is 18.3 Å². The molecule has 4 rings (SSSR count). The van der Waals surface area contributed by atoms with Gasteiger partial charge in [-0.05, 0) is 44.2 Å². The van der Waals surface area contributed by atoms with E-state index >= 15 is 0 Å². The number of nitrogens with one attached hydrogen (secondary N) is 2. The summed E-state index contributed by atoms with van der Waals surface area (Å²) in [5.74, 6) is 0.696. The van der Waals surface area contributed by atoms with E-state index in [0.29, 0.717) is 25.1 Å². The van der Waals surface area contributed by atoms with Crippen LogP contribution >= 0.6 is 0 Å². The summed E-state index contributed by atoms with van der Waals surface area (Å²) in [4.78, 5) is 45.1. The number of rotatable bonds is 6. The van der Waals surface area contributed by atoms with Gasteiger partial charge < -0.3 is 15.5 Å². The molecular weight excluding hydrogens is 396 g/mol. The van der Waals surface area contributed by atoms with Crippen LogP contribution in [0, 0.1) is 17.2 Å². The fraction of sp³-hybridized carbons (Fsp3) is 0.591. The van der Waals surface area contributed by atoms with E-state index in [0.717, 1.165) is 57.4 Å². The maximum atomic E-state index is 12.6. The lowest BCUT2D eigenvalue weighted by Gasteiger charge is -2.32. The molecule has 9 nitrogen and oxygen atoms in total. The zero-order valence-corrected chi connectivity index (χ0v) is 17.6. The molecule has 1 spiro atoms. The summed E-state index contributed by atoms with van der Waals surface area (Å²) in [6.07, 6.45) is 6.98. The van der Waals surface area contributed by atoms with Gasteiger partial charge in [0.15, 0.2) is 0 Å². The van der Waals surface area contributed by atoms with Crippen molar-refractivity contribution in [1.82, 2.24) is 20.5 Å². The number of anilines is 1. The molecule has 1 aliphatic carbocycles. The third kappa shape index (κ3) is 4.33. The number of amides is 4. The quantitative estimate of drug-likeness (QED) is 0.528.